The quantitative estimate of drug-likeness (QED) is 0.207. The minimum atomic E-state index is 1.11. The number of hydrogen-bond acceptors (Lipinski definition) is 0. The van der Waals surface area contributed by atoms with Crippen molar-refractivity contribution in [3.63, 3.8) is 0 Å². The molecule has 0 atom stereocenters. The summed E-state index contributed by atoms with van der Waals surface area (Å²) in [6.45, 7) is 9.92. The normalized spacial score (nSPS) is 10.7. The number of nitrogens with zero attached hydrogens (tertiary/aromatic N) is 3. The molecule has 0 unspecified atom stereocenters. The van der Waals surface area contributed by atoms with Crippen LogP contribution in [0.25, 0.3) is 66.6 Å². The van der Waals surface area contributed by atoms with Crippen LogP contribution in [-0.4, -0.2) is 13.7 Å². The summed E-state index contributed by atoms with van der Waals surface area (Å²) in [5, 5.41) is 5.22. The lowest BCUT2D eigenvalue weighted by molar-refractivity contribution is 1.01. The van der Waals surface area contributed by atoms with Crippen LogP contribution in [0.2, 0.25) is 0 Å². The van der Waals surface area contributed by atoms with E-state index in [1.54, 1.807) is 0 Å². The Morgan fingerprint density at radius 2 is 1.18 bits per heavy atom. The zero-order valence-electron chi connectivity index (χ0n) is 23.3. The van der Waals surface area contributed by atoms with Crippen molar-refractivity contribution in [1.82, 2.24) is 13.7 Å². The van der Waals surface area contributed by atoms with Gasteiger partial charge in [-0.15, -0.1) is 12.8 Å². The first kappa shape index (κ1) is 26.4. The number of aryl methyl sites for hydroxylation is 2. The number of fused-ring (bicyclic) bond motifs is 6. The molecule has 3 aromatic heterocycles. The van der Waals surface area contributed by atoms with Gasteiger partial charge >= 0.3 is 0 Å². The Morgan fingerprint density at radius 3 is 1.75 bits per heavy atom. The minimum Gasteiger partial charge on any atom is -0.344 e. The van der Waals surface area contributed by atoms with Gasteiger partial charge in [0.05, 0.1) is 5.69 Å². The highest BCUT2D eigenvalue weighted by Gasteiger charge is 2.10. The van der Waals surface area contributed by atoms with Gasteiger partial charge in [-0.3, -0.25) is 0 Å². The summed E-state index contributed by atoms with van der Waals surface area (Å²) in [4.78, 5) is 0. The van der Waals surface area contributed by atoms with Gasteiger partial charge in [-0.05, 0) is 66.6 Å². The van der Waals surface area contributed by atoms with Gasteiger partial charge in [0.15, 0.2) is 0 Å². The second kappa shape index (κ2) is 10.9. The van der Waals surface area contributed by atoms with E-state index in [4.69, 9.17) is 0 Å². The zero-order valence-corrected chi connectivity index (χ0v) is 23.3. The molecule has 0 N–H and O–H groups in total. The second-order valence-corrected chi connectivity index (χ2v) is 9.88. The van der Waals surface area contributed by atoms with E-state index in [1.807, 2.05) is 30.0 Å². The Hall–Kier alpha value is -5.20. The van der Waals surface area contributed by atoms with E-state index in [-0.39, 0.29) is 0 Å². The summed E-state index contributed by atoms with van der Waals surface area (Å²) in [5.41, 5.74) is 9.79. The topological polar surface area (TPSA) is 14.8 Å². The Balaban J connectivity index is 0.000000155. The monoisotopic (exact) mass is 519 g/mol. The van der Waals surface area contributed by atoms with Crippen LogP contribution >= 0.6 is 0 Å². The zero-order chi connectivity index (χ0) is 28.4. The van der Waals surface area contributed by atoms with Crippen LogP contribution in [0, 0.1) is 12.8 Å². The summed E-state index contributed by atoms with van der Waals surface area (Å²) in [6, 6.07) is 34.4. The third-order valence-corrected chi connectivity index (χ3v) is 7.59. The van der Waals surface area contributed by atoms with Crippen LogP contribution in [0.1, 0.15) is 12.5 Å². The minimum absolute atomic E-state index is 1.11. The van der Waals surface area contributed by atoms with Gasteiger partial charge in [-0.25, -0.2) is 0 Å². The number of terminal acetylenes is 1. The van der Waals surface area contributed by atoms with Gasteiger partial charge in [0.25, 0.3) is 0 Å². The highest BCUT2D eigenvalue weighted by molar-refractivity contribution is 6.10. The van der Waals surface area contributed by atoms with E-state index >= 15 is 0 Å². The molecule has 7 aromatic rings. The molecule has 7 rings (SSSR count). The average molecular weight is 520 g/mol. The third kappa shape index (κ3) is 4.40. The summed E-state index contributed by atoms with van der Waals surface area (Å²) in [5.74, 6) is 0. The first-order valence-corrected chi connectivity index (χ1v) is 13.2. The number of hydrogen-bond donors (Lipinski definition) is 0. The molecule has 0 saturated heterocycles. The number of rotatable bonds is 3. The first-order valence-electron chi connectivity index (χ1n) is 13.2. The van der Waals surface area contributed by atoms with Gasteiger partial charge < -0.3 is 13.7 Å². The maximum absolute atomic E-state index is 4.01. The van der Waals surface area contributed by atoms with Gasteiger partial charge in [-0.2, -0.15) is 0 Å². The maximum Gasteiger partial charge on any atom is 0.0522 e. The molecule has 3 heteroatoms. The van der Waals surface area contributed by atoms with E-state index in [0.29, 0.717) is 0 Å². The Kier molecular flexibility index (Phi) is 7.19. The summed E-state index contributed by atoms with van der Waals surface area (Å²) < 4.78 is 6.54. The molecule has 40 heavy (non-hydrogen) atoms. The molecule has 0 saturated carbocycles. The van der Waals surface area contributed by atoms with Gasteiger partial charge in [0, 0.05) is 70.1 Å². The van der Waals surface area contributed by atoms with Crippen molar-refractivity contribution < 1.29 is 0 Å². The number of aromatic nitrogens is 3. The van der Waals surface area contributed by atoms with Crippen LogP contribution in [0.5, 0.6) is 0 Å². The molecule has 196 valence electrons. The molecular weight excluding hydrogens is 486 g/mol. The maximum atomic E-state index is 4.01. The van der Waals surface area contributed by atoms with Crippen molar-refractivity contribution in [3.05, 3.63) is 122 Å². The van der Waals surface area contributed by atoms with E-state index in [2.05, 4.69) is 140 Å². The molecule has 3 heterocycles. The lowest BCUT2D eigenvalue weighted by atomic mass is 10.1. The van der Waals surface area contributed by atoms with Gasteiger partial charge in [-0.1, -0.05) is 67.3 Å². The van der Waals surface area contributed by atoms with Crippen molar-refractivity contribution in [1.29, 1.82) is 0 Å². The molecule has 0 aliphatic rings. The van der Waals surface area contributed by atoms with Crippen molar-refractivity contribution in [2.45, 2.75) is 6.92 Å². The molecule has 3 nitrogen and oxygen atoms in total. The number of benzene rings is 4. The first-order chi connectivity index (χ1) is 19.5. The van der Waals surface area contributed by atoms with Crippen LogP contribution in [0.15, 0.2) is 116 Å². The molecule has 0 aliphatic carbocycles. The Labute approximate surface area is 235 Å². The summed E-state index contributed by atoms with van der Waals surface area (Å²) >= 11 is 0. The predicted molar refractivity (Wildman–Crippen MR) is 175 cm³/mol. The van der Waals surface area contributed by atoms with Crippen molar-refractivity contribution >= 4 is 55.4 Å². The van der Waals surface area contributed by atoms with E-state index in [1.165, 1.54) is 60.4 Å². The molecule has 0 spiro atoms. The smallest absolute Gasteiger partial charge is 0.0522 e. The van der Waals surface area contributed by atoms with E-state index in [0.717, 1.165) is 5.57 Å². The van der Waals surface area contributed by atoms with E-state index in [9.17, 15) is 0 Å². The fraction of sp³-hybridized carbons (Fsp3) is 0.0811. The molecule has 0 aliphatic heterocycles. The number of para-hydroxylation sites is 2. The van der Waals surface area contributed by atoms with E-state index < -0.39 is 0 Å². The van der Waals surface area contributed by atoms with Crippen molar-refractivity contribution in [3.8, 4) is 24.1 Å². The lowest BCUT2D eigenvalue weighted by Crippen LogP contribution is -1.88. The molecular formula is C37H33N3. The molecule has 4 aromatic carbocycles. The van der Waals surface area contributed by atoms with Crippen molar-refractivity contribution in [2.24, 2.45) is 14.1 Å². The molecule has 0 fully saturated rings. The lowest BCUT2D eigenvalue weighted by Gasteiger charge is -2.05. The van der Waals surface area contributed by atoms with Crippen LogP contribution in [0.3, 0.4) is 0 Å². The van der Waals surface area contributed by atoms with Crippen molar-refractivity contribution in [2.75, 3.05) is 0 Å². The Bertz CT molecular complexity index is 2040. The average Bonchev–Trinajstić information content (AvgIpc) is 3.68. The molecule has 0 radical (unpaired) electrons. The third-order valence-electron chi connectivity index (χ3n) is 7.59. The highest BCUT2D eigenvalue weighted by Crippen LogP contribution is 2.32. The molecule has 0 amide bonds. The predicted octanol–water partition coefficient (Wildman–Crippen LogP) is 9.51. The van der Waals surface area contributed by atoms with Crippen LogP contribution in [0.4, 0.5) is 0 Å². The van der Waals surface area contributed by atoms with Gasteiger partial charge in [0.1, 0.15) is 0 Å². The highest BCUT2D eigenvalue weighted by atomic mass is 14.9. The summed E-state index contributed by atoms with van der Waals surface area (Å²) in [6.07, 6.45) is 11.9. The second-order valence-electron chi connectivity index (χ2n) is 9.88. The van der Waals surface area contributed by atoms with Gasteiger partial charge in [0.2, 0.25) is 0 Å². The standard InChI is InChI=1S/C19H16N2.C16H15N.C2H2/c1-3-21-12-6-9-17(21)14-10-11-19-16(13-14)15-7-4-5-8-18(15)20(19)2;1-11(2)12-8-9-16-14(10-12)13-6-4-5-7-15(13)17(16)3;1-2/h3-13H,1H2,2H3;4-10H,1H2,2-3H3;1-2H. The molecule has 0 bridgehead atoms. The largest absolute Gasteiger partial charge is 0.344 e. The fourth-order valence-corrected chi connectivity index (χ4v) is 5.56. The van der Waals surface area contributed by atoms with Crippen LogP contribution < -0.4 is 0 Å². The van der Waals surface area contributed by atoms with Crippen LogP contribution in [-0.2, 0) is 14.1 Å². The SMILES string of the molecule is C#C.C=C(C)c1ccc2c(c1)c1ccccc1n2C.C=Cn1cccc1-c1ccc2c(c1)c1ccccc1n2C. The Morgan fingerprint density at radius 1 is 0.650 bits per heavy atom. The summed E-state index contributed by atoms with van der Waals surface area (Å²) in [7, 11) is 4.24. The fourth-order valence-electron chi connectivity index (χ4n) is 5.56. The number of allylic oxidation sites excluding steroid dienone is 1.